The van der Waals surface area contributed by atoms with Crippen LogP contribution in [-0.4, -0.2) is 25.0 Å². The minimum atomic E-state index is 0.275. The van der Waals surface area contributed by atoms with E-state index >= 15 is 0 Å². The first-order chi connectivity index (χ1) is 9.33. The topological polar surface area (TPSA) is 32.3 Å². The monoisotopic (exact) mass is 258 g/mol. The van der Waals surface area contributed by atoms with Crippen molar-refractivity contribution >= 4 is 11.6 Å². The minimum Gasteiger partial charge on any atom is -0.313 e. The van der Waals surface area contributed by atoms with Crippen LogP contribution >= 0.6 is 0 Å². The zero-order valence-electron chi connectivity index (χ0n) is 11.3. The molecule has 1 aliphatic heterocycles. The van der Waals surface area contributed by atoms with Gasteiger partial charge in [0.05, 0.1) is 0 Å². The standard InChI is InChI=1S/C16H22N2O/c19-16(11-14-5-4-10-17-14)18(12-13-8-9-13)15-6-2-1-3-7-15/h1-3,6-7,13-14,17H,4-5,8-12H2. The van der Waals surface area contributed by atoms with Gasteiger partial charge >= 0.3 is 0 Å². The molecule has 0 radical (unpaired) electrons. The van der Waals surface area contributed by atoms with Gasteiger partial charge in [-0.3, -0.25) is 4.79 Å². The Kier molecular flexibility index (Phi) is 3.83. The van der Waals surface area contributed by atoms with Gasteiger partial charge in [-0.25, -0.2) is 0 Å². The summed E-state index contributed by atoms with van der Waals surface area (Å²) < 4.78 is 0. The molecule has 1 unspecified atom stereocenters. The van der Waals surface area contributed by atoms with Crippen LogP contribution < -0.4 is 10.2 Å². The average Bonchev–Trinajstić information content (AvgIpc) is 3.12. The van der Waals surface area contributed by atoms with Crippen molar-refractivity contribution in [2.24, 2.45) is 5.92 Å². The summed E-state index contributed by atoms with van der Waals surface area (Å²) in [4.78, 5) is 14.5. The van der Waals surface area contributed by atoms with Gasteiger partial charge in [-0.15, -0.1) is 0 Å². The maximum absolute atomic E-state index is 12.5. The molecule has 1 atom stereocenters. The second-order valence-corrected chi connectivity index (χ2v) is 5.78. The van der Waals surface area contributed by atoms with Crippen LogP contribution in [-0.2, 0) is 4.79 Å². The van der Waals surface area contributed by atoms with Crippen molar-refractivity contribution in [3.63, 3.8) is 0 Å². The highest BCUT2D eigenvalue weighted by molar-refractivity contribution is 5.93. The number of carbonyl (C=O) groups is 1. The largest absolute Gasteiger partial charge is 0.313 e. The number of benzene rings is 1. The van der Waals surface area contributed by atoms with E-state index in [9.17, 15) is 4.79 Å². The minimum absolute atomic E-state index is 0.275. The number of para-hydroxylation sites is 1. The Hall–Kier alpha value is -1.35. The highest BCUT2D eigenvalue weighted by Gasteiger charge is 2.29. The van der Waals surface area contributed by atoms with Gasteiger partial charge < -0.3 is 10.2 Å². The quantitative estimate of drug-likeness (QED) is 0.880. The maximum Gasteiger partial charge on any atom is 0.228 e. The van der Waals surface area contributed by atoms with Crippen molar-refractivity contribution in [2.75, 3.05) is 18.0 Å². The predicted octanol–water partition coefficient (Wildman–Crippen LogP) is 2.57. The lowest BCUT2D eigenvalue weighted by Gasteiger charge is -2.24. The number of carbonyl (C=O) groups excluding carboxylic acids is 1. The summed E-state index contributed by atoms with van der Waals surface area (Å²) in [5.41, 5.74) is 1.05. The maximum atomic E-state index is 12.5. The lowest BCUT2D eigenvalue weighted by molar-refractivity contribution is -0.119. The fraction of sp³-hybridized carbons (Fsp3) is 0.562. The molecule has 2 fully saturated rings. The first-order valence-electron chi connectivity index (χ1n) is 7.42. The van der Waals surface area contributed by atoms with Crippen LogP contribution in [0.5, 0.6) is 0 Å². The zero-order valence-corrected chi connectivity index (χ0v) is 11.3. The fourth-order valence-corrected chi connectivity index (χ4v) is 2.77. The summed E-state index contributed by atoms with van der Waals surface area (Å²) in [6.45, 7) is 1.96. The number of anilines is 1. The number of rotatable bonds is 5. The van der Waals surface area contributed by atoms with Crippen LogP contribution in [0, 0.1) is 5.92 Å². The molecule has 1 aromatic carbocycles. The number of nitrogens with zero attached hydrogens (tertiary/aromatic N) is 1. The van der Waals surface area contributed by atoms with E-state index in [-0.39, 0.29) is 5.91 Å². The Bertz CT molecular complexity index is 422. The third kappa shape index (κ3) is 3.35. The van der Waals surface area contributed by atoms with E-state index in [1.807, 2.05) is 35.2 Å². The molecule has 3 heteroatoms. The molecule has 1 N–H and O–H groups in total. The van der Waals surface area contributed by atoms with Gasteiger partial charge in [-0.1, -0.05) is 18.2 Å². The van der Waals surface area contributed by atoms with Crippen molar-refractivity contribution in [1.29, 1.82) is 0 Å². The van der Waals surface area contributed by atoms with Gasteiger partial charge in [0.1, 0.15) is 0 Å². The van der Waals surface area contributed by atoms with Gasteiger partial charge in [0.2, 0.25) is 5.91 Å². The van der Waals surface area contributed by atoms with E-state index in [1.54, 1.807) is 0 Å². The molecule has 1 aliphatic carbocycles. The summed E-state index contributed by atoms with van der Waals surface area (Å²) in [5, 5.41) is 3.42. The predicted molar refractivity (Wildman–Crippen MR) is 77.2 cm³/mol. The van der Waals surface area contributed by atoms with Gasteiger partial charge in [-0.05, 0) is 50.3 Å². The van der Waals surface area contributed by atoms with E-state index in [1.165, 1.54) is 19.3 Å². The normalized spacial score (nSPS) is 22.4. The summed E-state index contributed by atoms with van der Waals surface area (Å²) in [6, 6.07) is 10.5. The zero-order chi connectivity index (χ0) is 13.1. The van der Waals surface area contributed by atoms with Crippen molar-refractivity contribution in [3.8, 4) is 0 Å². The lowest BCUT2D eigenvalue weighted by Crippen LogP contribution is -2.37. The van der Waals surface area contributed by atoms with Gasteiger partial charge in [0.25, 0.3) is 0 Å². The Morgan fingerprint density at radius 2 is 2.00 bits per heavy atom. The number of hydrogen-bond acceptors (Lipinski definition) is 2. The van der Waals surface area contributed by atoms with Crippen molar-refractivity contribution < 1.29 is 4.79 Å². The van der Waals surface area contributed by atoms with Crippen LogP contribution in [0.3, 0.4) is 0 Å². The van der Waals surface area contributed by atoms with E-state index < -0.39 is 0 Å². The molecular weight excluding hydrogens is 236 g/mol. The van der Waals surface area contributed by atoms with Gasteiger partial charge in [0, 0.05) is 24.7 Å². The third-order valence-electron chi connectivity index (χ3n) is 4.09. The summed E-state index contributed by atoms with van der Waals surface area (Å²) in [5.74, 6) is 0.998. The van der Waals surface area contributed by atoms with Crippen molar-refractivity contribution in [2.45, 2.75) is 38.1 Å². The molecule has 19 heavy (non-hydrogen) atoms. The van der Waals surface area contributed by atoms with Gasteiger partial charge in [-0.2, -0.15) is 0 Å². The molecule has 0 spiro atoms. The molecule has 1 aromatic rings. The molecular formula is C16H22N2O. The highest BCUT2D eigenvalue weighted by atomic mass is 16.2. The van der Waals surface area contributed by atoms with Crippen LogP contribution in [0.15, 0.2) is 30.3 Å². The summed E-state index contributed by atoms with van der Waals surface area (Å²) >= 11 is 0. The van der Waals surface area contributed by atoms with Crippen LogP contribution in [0.4, 0.5) is 5.69 Å². The van der Waals surface area contributed by atoms with Crippen molar-refractivity contribution in [1.82, 2.24) is 5.32 Å². The SMILES string of the molecule is O=C(CC1CCCN1)N(CC1CC1)c1ccccc1. The molecule has 2 aliphatic rings. The Balaban J connectivity index is 1.68. The second-order valence-electron chi connectivity index (χ2n) is 5.78. The van der Waals surface area contributed by atoms with Crippen LogP contribution in [0.25, 0.3) is 0 Å². The number of nitrogens with one attached hydrogen (secondary N) is 1. The van der Waals surface area contributed by atoms with Crippen LogP contribution in [0.2, 0.25) is 0 Å². The van der Waals surface area contributed by atoms with Gasteiger partial charge in [0.15, 0.2) is 0 Å². The first kappa shape index (κ1) is 12.7. The summed E-state index contributed by atoms with van der Waals surface area (Å²) in [7, 11) is 0. The smallest absolute Gasteiger partial charge is 0.228 e. The molecule has 1 saturated heterocycles. The number of amides is 1. The molecule has 0 bridgehead atoms. The Morgan fingerprint density at radius 1 is 1.21 bits per heavy atom. The molecule has 1 saturated carbocycles. The Labute approximate surface area is 115 Å². The lowest BCUT2D eigenvalue weighted by atomic mass is 10.1. The summed E-state index contributed by atoms with van der Waals surface area (Å²) in [6.07, 6.45) is 5.53. The molecule has 1 amide bonds. The van der Waals surface area contributed by atoms with Crippen molar-refractivity contribution in [3.05, 3.63) is 30.3 Å². The van der Waals surface area contributed by atoms with E-state index in [0.29, 0.717) is 12.5 Å². The molecule has 3 rings (SSSR count). The molecule has 0 aromatic heterocycles. The molecule has 102 valence electrons. The van der Waals surface area contributed by atoms with E-state index in [0.717, 1.165) is 31.1 Å². The average molecular weight is 258 g/mol. The van der Waals surface area contributed by atoms with E-state index in [4.69, 9.17) is 0 Å². The molecule has 3 nitrogen and oxygen atoms in total. The third-order valence-corrected chi connectivity index (χ3v) is 4.09. The fourth-order valence-electron chi connectivity index (χ4n) is 2.77. The van der Waals surface area contributed by atoms with E-state index in [2.05, 4.69) is 5.32 Å². The highest BCUT2D eigenvalue weighted by Crippen LogP contribution is 2.32. The first-order valence-corrected chi connectivity index (χ1v) is 7.42. The second kappa shape index (κ2) is 5.74. The Morgan fingerprint density at radius 3 is 2.63 bits per heavy atom. The number of hydrogen-bond donors (Lipinski definition) is 1. The molecule has 1 heterocycles. The van der Waals surface area contributed by atoms with Crippen LogP contribution in [0.1, 0.15) is 32.1 Å².